The summed E-state index contributed by atoms with van der Waals surface area (Å²) in [6.07, 6.45) is -18.7. The summed E-state index contributed by atoms with van der Waals surface area (Å²) in [6, 6.07) is 4.68. The van der Waals surface area contributed by atoms with Crippen molar-refractivity contribution in [1.82, 2.24) is 14.7 Å². The molecule has 0 aromatic heterocycles. The second-order valence-electron chi connectivity index (χ2n) is 10.4. The first-order valence-electron chi connectivity index (χ1n) is 13.3. The third-order valence-corrected chi connectivity index (χ3v) is 7.58. The standard InChI is InChI=1S/C25H31F9N4O3/c26-23(27,28)21(24(29,30)31)40-22(39)38-14-12-35(13-15-38)16-17-4-3-5-19(41-25(32,33)34)20(17)37-10-6-18(7-11-37)36-8-1-2-9-36/h3-5,18,21H,1-2,6-16H2. The van der Waals surface area contributed by atoms with Gasteiger partial charge in [-0.2, -0.15) is 26.3 Å². The van der Waals surface area contributed by atoms with Crippen molar-refractivity contribution < 1.29 is 53.8 Å². The zero-order chi connectivity index (χ0) is 30.0. The number of hydrogen-bond acceptors (Lipinski definition) is 6. The highest BCUT2D eigenvalue weighted by atomic mass is 19.4. The summed E-state index contributed by atoms with van der Waals surface area (Å²) < 4.78 is 124. The maximum atomic E-state index is 13.3. The van der Waals surface area contributed by atoms with Crippen LogP contribution in [0.4, 0.5) is 50.0 Å². The van der Waals surface area contributed by atoms with Crippen LogP contribution in [-0.4, -0.2) is 104 Å². The number of benzene rings is 1. The molecule has 3 saturated heterocycles. The van der Waals surface area contributed by atoms with E-state index < -0.39 is 30.9 Å². The number of likely N-dealkylation sites (tertiary alicyclic amines) is 1. The van der Waals surface area contributed by atoms with E-state index in [1.54, 1.807) is 11.0 Å². The molecule has 0 N–H and O–H groups in total. The average molecular weight is 607 g/mol. The topological polar surface area (TPSA) is 48.5 Å². The lowest BCUT2D eigenvalue weighted by molar-refractivity contribution is -0.308. The summed E-state index contributed by atoms with van der Waals surface area (Å²) in [5.74, 6) is -0.345. The number of anilines is 1. The van der Waals surface area contributed by atoms with E-state index in [0.29, 0.717) is 30.4 Å². The zero-order valence-corrected chi connectivity index (χ0v) is 22.0. The quantitative estimate of drug-likeness (QED) is 0.405. The average Bonchev–Trinajstić information content (AvgIpc) is 3.41. The van der Waals surface area contributed by atoms with E-state index >= 15 is 0 Å². The molecule has 3 fully saturated rings. The maximum absolute atomic E-state index is 13.3. The minimum absolute atomic E-state index is 0.0542. The Morgan fingerprint density at radius 2 is 1.41 bits per heavy atom. The largest absolute Gasteiger partial charge is 0.573 e. The van der Waals surface area contributed by atoms with Crippen LogP contribution in [0.25, 0.3) is 0 Å². The van der Waals surface area contributed by atoms with Crippen LogP contribution in [0.1, 0.15) is 31.2 Å². The first-order valence-corrected chi connectivity index (χ1v) is 13.3. The van der Waals surface area contributed by atoms with Crippen LogP contribution in [0.2, 0.25) is 0 Å². The number of piperazine rings is 1. The molecule has 0 aliphatic carbocycles. The maximum Gasteiger partial charge on any atom is 0.573 e. The summed E-state index contributed by atoms with van der Waals surface area (Å²) in [6.45, 7) is 2.85. The molecule has 3 aliphatic rings. The Labute approximate surface area is 230 Å². The first-order chi connectivity index (χ1) is 19.1. The number of alkyl halides is 9. The molecule has 41 heavy (non-hydrogen) atoms. The van der Waals surface area contributed by atoms with Crippen molar-refractivity contribution in [3.8, 4) is 5.75 Å². The molecule has 0 radical (unpaired) electrons. The molecule has 232 valence electrons. The van der Waals surface area contributed by atoms with E-state index in [9.17, 15) is 44.3 Å². The molecule has 7 nitrogen and oxygen atoms in total. The molecular weight excluding hydrogens is 575 g/mol. The van der Waals surface area contributed by atoms with Gasteiger partial charge in [0.2, 0.25) is 0 Å². The second kappa shape index (κ2) is 12.3. The fraction of sp³-hybridized carbons (Fsp3) is 0.720. The van der Waals surface area contributed by atoms with Crippen molar-refractivity contribution in [2.75, 3.05) is 57.3 Å². The third-order valence-electron chi connectivity index (χ3n) is 7.58. The zero-order valence-electron chi connectivity index (χ0n) is 22.0. The number of hydrogen-bond donors (Lipinski definition) is 0. The number of halogens is 9. The van der Waals surface area contributed by atoms with Gasteiger partial charge in [0.15, 0.2) is 5.75 Å². The molecule has 0 spiro atoms. The summed E-state index contributed by atoms with van der Waals surface area (Å²) in [7, 11) is 0. The summed E-state index contributed by atoms with van der Waals surface area (Å²) in [5, 5.41) is 0. The Morgan fingerprint density at radius 1 is 0.829 bits per heavy atom. The number of amides is 1. The van der Waals surface area contributed by atoms with Crippen molar-refractivity contribution in [1.29, 1.82) is 0 Å². The molecule has 1 aromatic carbocycles. The SMILES string of the molecule is O=C(OC(C(F)(F)F)C(F)(F)F)N1CCN(Cc2cccc(OC(F)(F)F)c2N2CCC(N3CCCC3)CC2)CC1. The van der Waals surface area contributed by atoms with E-state index in [1.807, 2.05) is 4.90 Å². The van der Waals surface area contributed by atoms with Gasteiger partial charge in [-0.3, -0.25) is 4.90 Å². The molecule has 1 amide bonds. The molecular formula is C25H31F9N4O3. The molecule has 3 heterocycles. The molecule has 0 atom stereocenters. The van der Waals surface area contributed by atoms with Gasteiger partial charge in [0.1, 0.15) is 0 Å². The van der Waals surface area contributed by atoms with Gasteiger partial charge in [-0.25, -0.2) is 4.79 Å². The molecule has 0 bridgehead atoms. The Balaban J connectivity index is 1.42. The fourth-order valence-corrected chi connectivity index (χ4v) is 5.65. The van der Waals surface area contributed by atoms with Gasteiger partial charge in [0, 0.05) is 51.9 Å². The Bertz CT molecular complexity index is 1010. The van der Waals surface area contributed by atoms with Crippen LogP contribution in [0.5, 0.6) is 5.75 Å². The predicted octanol–water partition coefficient (Wildman–Crippen LogP) is 5.40. The summed E-state index contributed by atoms with van der Waals surface area (Å²) >= 11 is 0. The van der Waals surface area contributed by atoms with E-state index in [4.69, 9.17) is 0 Å². The fourth-order valence-electron chi connectivity index (χ4n) is 5.65. The van der Waals surface area contributed by atoms with Crippen molar-refractivity contribution in [3.63, 3.8) is 0 Å². The van der Waals surface area contributed by atoms with Crippen LogP contribution < -0.4 is 9.64 Å². The van der Waals surface area contributed by atoms with Gasteiger partial charge in [0.25, 0.3) is 6.10 Å². The monoisotopic (exact) mass is 606 g/mol. The Kier molecular flexibility index (Phi) is 9.41. The van der Waals surface area contributed by atoms with E-state index in [1.165, 1.54) is 12.1 Å². The van der Waals surface area contributed by atoms with E-state index in [2.05, 4.69) is 14.4 Å². The van der Waals surface area contributed by atoms with Gasteiger partial charge in [-0.1, -0.05) is 12.1 Å². The van der Waals surface area contributed by atoms with Crippen LogP contribution in [0, 0.1) is 0 Å². The molecule has 0 unspecified atom stereocenters. The highest BCUT2D eigenvalue weighted by Gasteiger charge is 2.60. The van der Waals surface area contributed by atoms with Crippen molar-refractivity contribution >= 4 is 11.8 Å². The van der Waals surface area contributed by atoms with E-state index in [0.717, 1.165) is 43.7 Å². The Hall–Kier alpha value is -2.62. The number of rotatable bonds is 6. The number of ether oxygens (including phenoxy) is 2. The van der Waals surface area contributed by atoms with Crippen molar-refractivity contribution in [2.24, 2.45) is 0 Å². The first kappa shape index (κ1) is 31.3. The highest BCUT2D eigenvalue weighted by Crippen LogP contribution is 2.39. The Morgan fingerprint density at radius 3 is 1.95 bits per heavy atom. The number of piperidine rings is 1. The molecule has 0 saturated carbocycles. The van der Waals surface area contributed by atoms with Crippen molar-refractivity contribution in [3.05, 3.63) is 23.8 Å². The minimum Gasteiger partial charge on any atom is -0.426 e. The lowest BCUT2D eigenvalue weighted by atomic mass is 10.0. The summed E-state index contributed by atoms with van der Waals surface area (Å²) in [4.78, 5) is 18.9. The summed E-state index contributed by atoms with van der Waals surface area (Å²) in [5.41, 5.74) is 0.821. The smallest absolute Gasteiger partial charge is 0.426 e. The van der Waals surface area contributed by atoms with Crippen LogP contribution in [0.15, 0.2) is 18.2 Å². The lowest BCUT2D eigenvalue weighted by Crippen LogP contribution is -2.52. The minimum atomic E-state index is -5.82. The molecule has 4 rings (SSSR count). The van der Waals surface area contributed by atoms with Gasteiger partial charge < -0.3 is 24.2 Å². The predicted molar refractivity (Wildman–Crippen MR) is 128 cm³/mol. The highest BCUT2D eigenvalue weighted by molar-refractivity contribution is 5.68. The van der Waals surface area contributed by atoms with E-state index in [-0.39, 0.29) is 38.5 Å². The number of para-hydroxylation sites is 1. The second-order valence-corrected chi connectivity index (χ2v) is 10.4. The van der Waals surface area contributed by atoms with Crippen LogP contribution in [0.3, 0.4) is 0 Å². The van der Waals surface area contributed by atoms with Gasteiger partial charge >= 0.3 is 24.8 Å². The van der Waals surface area contributed by atoms with Crippen molar-refractivity contribution in [2.45, 2.75) is 63.1 Å². The van der Waals surface area contributed by atoms with Gasteiger partial charge in [0.05, 0.1) is 5.69 Å². The van der Waals surface area contributed by atoms with Crippen LogP contribution >= 0.6 is 0 Å². The lowest BCUT2D eigenvalue weighted by Gasteiger charge is -2.40. The molecule has 1 aromatic rings. The molecule has 16 heteroatoms. The van der Waals surface area contributed by atoms with Crippen LogP contribution in [-0.2, 0) is 11.3 Å². The van der Waals surface area contributed by atoms with Gasteiger partial charge in [-0.05, 0) is 50.4 Å². The third kappa shape index (κ3) is 8.23. The number of nitrogens with zero attached hydrogens (tertiary/aromatic N) is 4. The number of carbonyl (C=O) groups is 1. The van der Waals surface area contributed by atoms with Gasteiger partial charge in [-0.15, -0.1) is 13.2 Å². The number of carbonyl (C=O) groups excluding carboxylic acids is 1. The normalized spacial score (nSPS) is 20.6. The molecule has 3 aliphatic heterocycles.